The van der Waals surface area contributed by atoms with Gasteiger partial charge in [-0.1, -0.05) is 12.1 Å². The molecule has 1 aromatic carbocycles. The molecule has 22 heavy (non-hydrogen) atoms. The van der Waals surface area contributed by atoms with Gasteiger partial charge in [-0.15, -0.1) is 0 Å². The van der Waals surface area contributed by atoms with Gasteiger partial charge in [0.2, 0.25) is 0 Å². The van der Waals surface area contributed by atoms with E-state index in [1.807, 2.05) is 6.07 Å². The number of hydroxylamine groups is 2. The molecule has 0 saturated carbocycles. The Morgan fingerprint density at radius 2 is 2.05 bits per heavy atom. The van der Waals surface area contributed by atoms with Crippen LogP contribution in [0.1, 0.15) is 34.2 Å². The van der Waals surface area contributed by atoms with Gasteiger partial charge in [-0.25, -0.2) is 9.45 Å². The molecule has 6 heteroatoms. The highest BCUT2D eigenvalue weighted by molar-refractivity contribution is 5.92. The molecule has 5 nitrogen and oxygen atoms in total. The van der Waals surface area contributed by atoms with Crippen molar-refractivity contribution < 1.29 is 14.0 Å². The Hall–Kier alpha value is -2.65. The van der Waals surface area contributed by atoms with Crippen LogP contribution in [0.25, 0.3) is 0 Å². The fraction of sp³-hybridized carbons (Fsp3) is 0.250. The van der Waals surface area contributed by atoms with Gasteiger partial charge in [0.05, 0.1) is 12.6 Å². The van der Waals surface area contributed by atoms with Crippen LogP contribution in [0.5, 0.6) is 0 Å². The number of amides is 1. The summed E-state index contributed by atoms with van der Waals surface area (Å²) in [6, 6.07) is 11.0. The monoisotopic (exact) mass is 299 g/mol. The quantitative estimate of drug-likeness (QED) is 0.856. The zero-order chi connectivity index (χ0) is 15.7. The molecule has 0 N–H and O–H groups in total. The van der Waals surface area contributed by atoms with Gasteiger partial charge in [0.25, 0.3) is 5.91 Å². The average Bonchev–Trinajstić information content (AvgIpc) is 3.14. The predicted octanol–water partition coefficient (Wildman–Crippen LogP) is 2.55. The van der Waals surface area contributed by atoms with Crippen molar-refractivity contribution in [1.29, 1.82) is 5.26 Å². The first-order valence-electron chi connectivity index (χ1n) is 6.89. The fourth-order valence-corrected chi connectivity index (χ4v) is 2.61. The largest absolute Gasteiger partial charge is 0.331 e. The van der Waals surface area contributed by atoms with E-state index in [0.29, 0.717) is 24.4 Å². The molecule has 1 aliphatic rings. The van der Waals surface area contributed by atoms with Crippen LogP contribution in [0.4, 0.5) is 4.39 Å². The molecule has 1 atom stereocenters. The molecule has 1 fully saturated rings. The smallest absolute Gasteiger partial charge is 0.294 e. The Bertz CT molecular complexity index is 746. The predicted molar refractivity (Wildman–Crippen MR) is 76.0 cm³/mol. The molecule has 0 spiro atoms. The molecule has 1 saturated heterocycles. The number of hydrogen-bond acceptors (Lipinski definition) is 3. The van der Waals surface area contributed by atoms with Crippen molar-refractivity contribution >= 4 is 5.91 Å². The van der Waals surface area contributed by atoms with Crippen LogP contribution in [0, 0.1) is 17.1 Å². The van der Waals surface area contributed by atoms with Gasteiger partial charge >= 0.3 is 0 Å². The summed E-state index contributed by atoms with van der Waals surface area (Å²) >= 11 is 0. The second-order valence-corrected chi connectivity index (χ2v) is 5.09. The first kappa shape index (κ1) is 14.3. The molecular weight excluding hydrogens is 285 g/mol. The Morgan fingerprint density at radius 1 is 1.32 bits per heavy atom. The Balaban J connectivity index is 1.89. The zero-order valence-electron chi connectivity index (χ0n) is 12.0. The summed E-state index contributed by atoms with van der Waals surface area (Å²) in [7, 11) is 1.66. The normalized spacial score (nSPS) is 17.5. The second-order valence-electron chi connectivity index (χ2n) is 5.09. The molecule has 2 heterocycles. The summed E-state index contributed by atoms with van der Waals surface area (Å²) in [6.07, 6.45) is 0.646. The third-order valence-electron chi connectivity index (χ3n) is 3.82. The molecule has 0 bridgehead atoms. The van der Waals surface area contributed by atoms with Crippen LogP contribution in [0.15, 0.2) is 36.4 Å². The number of aromatic nitrogens is 1. The van der Waals surface area contributed by atoms with Gasteiger partial charge in [-0.2, -0.15) is 5.26 Å². The lowest BCUT2D eigenvalue weighted by Crippen LogP contribution is -2.31. The van der Waals surface area contributed by atoms with E-state index in [1.165, 1.54) is 21.8 Å². The molecule has 0 radical (unpaired) electrons. The average molecular weight is 299 g/mol. The van der Waals surface area contributed by atoms with E-state index >= 15 is 0 Å². The summed E-state index contributed by atoms with van der Waals surface area (Å²) in [4.78, 5) is 18.1. The number of carbonyl (C=O) groups is 1. The molecular formula is C16H14FN3O2. The van der Waals surface area contributed by atoms with E-state index in [0.717, 1.165) is 5.56 Å². The highest BCUT2D eigenvalue weighted by Gasteiger charge is 2.33. The lowest BCUT2D eigenvalue weighted by molar-refractivity contribution is -0.0970. The van der Waals surface area contributed by atoms with Crippen molar-refractivity contribution in [1.82, 2.24) is 9.63 Å². The Morgan fingerprint density at radius 3 is 2.68 bits per heavy atom. The van der Waals surface area contributed by atoms with E-state index < -0.39 is 0 Å². The van der Waals surface area contributed by atoms with Crippen LogP contribution in [0.2, 0.25) is 0 Å². The minimum absolute atomic E-state index is 0.256. The van der Waals surface area contributed by atoms with E-state index in [2.05, 4.69) is 0 Å². The van der Waals surface area contributed by atoms with Crippen LogP contribution < -0.4 is 0 Å². The highest BCUT2D eigenvalue weighted by atomic mass is 19.1. The fourth-order valence-electron chi connectivity index (χ4n) is 2.61. The number of halogens is 1. The first-order chi connectivity index (χ1) is 10.6. The maximum atomic E-state index is 13.0. The maximum Gasteiger partial charge on any atom is 0.294 e. The van der Waals surface area contributed by atoms with Crippen LogP contribution in [-0.4, -0.2) is 22.1 Å². The molecule has 2 aromatic rings. The van der Waals surface area contributed by atoms with Crippen molar-refractivity contribution in [2.45, 2.75) is 12.5 Å². The maximum absolute atomic E-state index is 13.0. The molecule has 112 valence electrons. The third kappa shape index (κ3) is 2.36. The third-order valence-corrected chi connectivity index (χ3v) is 3.82. The Labute approximate surface area is 127 Å². The van der Waals surface area contributed by atoms with Crippen LogP contribution in [-0.2, 0) is 11.9 Å². The molecule has 1 amide bonds. The molecule has 1 aliphatic heterocycles. The van der Waals surface area contributed by atoms with E-state index in [4.69, 9.17) is 10.1 Å². The van der Waals surface area contributed by atoms with Gasteiger partial charge in [0.1, 0.15) is 23.3 Å². The number of nitriles is 1. The van der Waals surface area contributed by atoms with E-state index in [9.17, 15) is 9.18 Å². The summed E-state index contributed by atoms with van der Waals surface area (Å²) in [5.41, 5.74) is 1.61. The second kappa shape index (κ2) is 5.62. The Kier molecular flexibility index (Phi) is 3.65. The minimum Gasteiger partial charge on any atom is -0.331 e. The van der Waals surface area contributed by atoms with Gasteiger partial charge in [-0.05, 0) is 29.8 Å². The summed E-state index contributed by atoms with van der Waals surface area (Å²) in [5.74, 6) is -0.627. The summed E-state index contributed by atoms with van der Waals surface area (Å²) in [5, 5.41) is 10.3. The number of rotatable bonds is 2. The van der Waals surface area contributed by atoms with Gasteiger partial charge in [-0.3, -0.25) is 9.63 Å². The van der Waals surface area contributed by atoms with Crippen LogP contribution >= 0.6 is 0 Å². The van der Waals surface area contributed by atoms with Gasteiger partial charge < -0.3 is 4.57 Å². The standard InChI is InChI=1S/C16H14FN3O2/c1-19-13(10-18)6-7-15(19)16(21)20-14(8-9-22-20)11-2-4-12(17)5-3-11/h2-7,14H,8-9H2,1H3/t14-/m0/s1. The number of benzene rings is 1. The molecule has 0 unspecified atom stereocenters. The van der Waals surface area contributed by atoms with Crippen LogP contribution in [0.3, 0.4) is 0 Å². The summed E-state index contributed by atoms with van der Waals surface area (Å²) < 4.78 is 14.6. The van der Waals surface area contributed by atoms with Gasteiger partial charge in [0.15, 0.2) is 0 Å². The van der Waals surface area contributed by atoms with Crippen molar-refractivity contribution in [2.24, 2.45) is 7.05 Å². The lowest BCUT2D eigenvalue weighted by Gasteiger charge is -2.23. The number of nitrogens with zero attached hydrogens (tertiary/aromatic N) is 3. The SMILES string of the molecule is Cn1c(C#N)ccc1C(=O)N1OCC[C@H]1c1ccc(F)cc1. The minimum atomic E-state index is -0.318. The van der Waals surface area contributed by atoms with E-state index in [1.54, 1.807) is 31.3 Å². The van der Waals surface area contributed by atoms with Crippen molar-refractivity contribution in [3.05, 3.63) is 59.2 Å². The molecule has 0 aliphatic carbocycles. The number of carbonyl (C=O) groups excluding carboxylic acids is 1. The first-order valence-corrected chi connectivity index (χ1v) is 6.89. The van der Waals surface area contributed by atoms with Crippen molar-refractivity contribution in [3.63, 3.8) is 0 Å². The highest BCUT2D eigenvalue weighted by Crippen LogP contribution is 2.31. The van der Waals surface area contributed by atoms with Crippen molar-refractivity contribution in [2.75, 3.05) is 6.61 Å². The van der Waals surface area contributed by atoms with E-state index in [-0.39, 0.29) is 17.8 Å². The molecule has 1 aromatic heterocycles. The van der Waals surface area contributed by atoms with Gasteiger partial charge in [0, 0.05) is 13.5 Å². The summed E-state index contributed by atoms with van der Waals surface area (Å²) in [6.45, 7) is 0.420. The number of hydrogen-bond donors (Lipinski definition) is 0. The topological polar surface area (TPSA) is 58.3 Å². The molecule has 3 rings (SSSR count). The zero-order valence-corrected chi connectivity index (χ0v) is 12.0. The van der Waals surface area contributed by atoms with Crippen molar-refractivity contribution in [3.8, 4) is 6.07 Å². The lowest BCUT2D eigenvalue weighted by atomic mass is 10.0.